The Morgan fingerprint density at radius 3 is 2.67 bits per heavy atom. The second-order valence-electron chi connectivity index (χ2n) is 10.5. The van der Waals surface area contributed by atoms with Crippen molar-refractivity contribution in [3.05, 3.63) is 29.5 Å². The van der Waals surface area contributed by atoms with Crippen LogP contribution in [0.25, 0.3) is 10.9 Å². The van der Waals surface area contributed by atoms with Gasteiger partial charge in [0.15, 0.2) is 0 Å². The molecule has 1 aliphatic carbocycles. The zero-order chi connectivity index (χ0) is 24.2. The molecule has 0 aliphatic heterocycles. The van der Waals surface area contributed by atoms with Crippen LogP contribution in [-0.4, -0.2) is 47.0 Å². The lowest BCUT2D eigenvalue weighted by molar-refractivity contribution is -0.156. The number of hydrogen-bond acceptors (Lipinski definition) is 5. The minimum absolute atomic E-state index is 0.0321. The molecule has 0 bridgehead atoms. The highest BCUT2D eigenvalue weighted by molar-refractivity contribution is 5.99. The summed E-state index contributed by atoms with van der Waals surface area (Å²) in [4.78, 5) is 24.9. The van der Waals surface area contributed by atoms with Gasteiger partial charge in [-0.2, -0.15) is 5.10 Å². The van der Waals surface area contributed by atoms with E-state index in [0.29, 0.717) is 30.4 Å². The van der Waals surface area contributed by atoms with E-state index in [9.17, 15) is 9.59 Å². The van der Waals surface area contributed by atoms with Crippen LogP contribution in [0.4, 0.5) is 0 Å². The standard InChI is InChI=1S/C26H39N3O4/c1-17-10-23-21(13-22(17)25(31)27-14-18(2)32-6)16-29(28-23)15-20-9-7-8-19(11-20)12-24(30)33-26(3,4)5/h10,13,16,18-20H,7-9,11-12,14-15H2,1-6H3,(H,27,31). The van der Waals surface area contributed by atoms with Crippen molar-refractivity contribution < 1.29 is 19.1 Å². The molecular weight excluding hydrogens is 418 g/mol. The van der Waals surface area contributed by atoms with E-state index < -0.39 is 5.60 Å². The minimum atomic E-state index is -0.434. The topological polar surface area (TPSA) is 82.5 Å². The zero-order valence-electron chi connectivity index (χ0n) is 20.9. The molecule has 7 heteroatoms. The predicted molar refractivity (Wildman–Crippen MR) is 129 cm³/mol. The zero-order valence-corrected chi connectivity index (χ0v) is 20.9. The average molecular weight is 458 g/mol. The van der Waals surface area contributed by atoms with Crippen LogP contribution in [0.1, 0.15) is 75.7 Å². The number of ether oxygens (including phenoxy) is 2. The van der Waals surface area contributed by atoms with Crippen LogP contribution in [0.2, 0.25) is 0 Å². The summed E-state index contributed by atoms with van der Waals surface area (Å²) in [7, 11) is 1.63. The largest absolute Gasteiger partial charge is 0.460 e. The van der Waals surface area contributed by atoms with E-state index in [1.165, 1.54) is 0 Å². The van der Waals surface area contributed by atoms with Crippen molar-refractivity contribution in [3.8, 4) is 0 Å². The molecule has 1 N–H and O–H groups in total. The molecule has 1 heterocycles. The van der Waals surface area contributed by atoms with Crippen LogP contribution < -0.4 is 5.32 Å². The number of hydrogen-bond donors (Lipinski definition) is 1. The van der Waals surface area contributed by atoms with Gasteiger partial charge < -0.3 is 14.8 Å². The van der Waals surface area contributed by atoms with Crippen molar-refractivity contribution >= 4 is 22.8 Å². The Kier molecular flexibility index (Phi) is 8.16. The van der Waals surface area contributed by atoms with Crippen LogP contribution in [0.5, 0.6) is 0 Å². The van der Waals surface area contributed by atoms with Crippen molar-refractivity contribution in [3.63, 3.8) is 0 Å². The second kappa shape index (κ2) is 10.7. The van der Waals surface area contributed by atoms with Gasteiger partial charge >= 0.3 is 5.97 Å². The van der Waals surface area contributed by atoms with Crippen molar-refractivity contribution in [2.45, 2.75) is 85.0 Å². The lowest BCUT2D eigenvalue weighted by Gasteiger charge is -2.29. The minimum Gasteiger partial charge on any atom is -0.460 e. The summed E-state index contributed by atoms with van der Waals surface area (Å²) in [6.45, 7) is 10.9. The van der Waals surface area contributed by atoms with Gasteiger partial charge in [-0.3, -0.25) is 14.3 Å². The number of esters is 1. The fourth-order valence-electron chi connectivity index (χ4n) is 4.62. The van der Waals surface area contributed by atoms with Crippen LogP contribution in [0.15, 0.2) is 18.3 Å². The van der Waals surface area contributed by atoms with E-state index in [-0.39, 0.29) is 18.0 Å². The van der Waals surface area contributed by atoms with Gasteiger partial charge in [0.1, 0.15) is 5.60 Å². The van der Waals surface area contributed by atoms with Gasteiger partial charge in [0.05, 0.1) is 11.6 Å². The van der Waals surface area contributed by atoms with Crippen molar-refractivity contribution in [1.29, 1.82) is 0 Å². The molecule has 3 unspecified atom stereocenters. The number of aromatic nitrogens is 2. The summed E-state index contributed by atoms with van der Waals surface area (Å²) in [5.41, 5.74) is 2.04. The molecule has 7 nitrogen and oxygen atoms in total. The quantitative estimate of drug-likeness (QED) is 0.584. The Bertz CT molecular complexity index is 976. The van der Waals surface area contributed by atoms with Gasteiger partial charge in [-0.15, -0.1) is 0 Å². The molecule has 0 radical (unpaired) electrons. The van der Waals surface area contributed by atoms with Crippen LogP contribution in [0.3, 0.4) is 0 Å². The summed E-state index contributed by atoms with van der Waals surface area (Å²) in [6.07, 6.45) is 6.86. The summed E-state index contributed by atoms with van der Waals surface area (Å²) in [6, 6.07) is 3.90. The maximum Gasteiger partial charge on any atom is 0.306 e. The molecule has 1 amide bonds. The number of nitrogens with one attached hydrogen (secondary N) is 1. The number of rotatable bonds is 8. The summed E-state index contributed by atoms with van der Waals surface area (Å²) < 4.78 is 12.7. The molecule has 3 rings (SSSR count). The normalized spacial score (nSPS) is 19.9. The number of nitrogens with zero attached hydrogens (tertiary/aromatic N) is 2. The van der Waals surface area contributed by atoms with E-state index >= 15 is 0 Å². The third-order valence-electron chi connectivity index (χ3n) is 6.31. The van der Waals surface area contributed by atoms with Crippen molar-refractivity contribution in [2.24, 2.45) is 11.8 Å². The Morgan fingerprint density at radius 2 is 1.97 bits per heavy atom. The van der Waals surface area contributed by atoms with E-state index in [4.69, 9.17) is 14.6 Å². The smallest absolute Gasteiger partial charge is 0.306 e. The molecule has 0 saturated heterocycles. The number of carbonyl (C=O) groups is 2. The van der Waals surface area contributed by atoms with Crippen LogP contribution >= 0.6 is 0 Å². The average Bonchev–Trinajstić information content (AvgIpc) is 3.10. The van der Waals surface area contributed by atoms with Gasteiger partial charge in [-0.1, -0.05) is 6.42 Å². The number of fused-ring (bicyclic) bond motifs is 1. The van der Waals surface area contributed by atoms with E-state index in [1.807, 2.05) is 57.6 Å². The number of amides is 1. The molecule has 182 valence electrons. The number of methoxy groups -OCH3 is 1. The molecule has 0 spiro atoms. The first-order chi connectivity index (χ1) is 15.5. The van der Waals surface area contributed by atoms with Gasteiger partial charge in [0.25, 0.3) is 5.91 Å². The second-order valence-corrected chi connectivity index (χ2v) is 10.5. The Balaban J connectivity index is 1.63. The van der Waals surface area contributed by atoms with Crippen molar-refractivity contribution in [2.75, 3.05) is 13.7 Å². The van der Waals surface area contributed by atoms with Crippen LogP contribution in [0, 0.1) is 18.8 Å². The monoisotopic (exact) mass is 457 g/mol. The van der Waals surface area contributed by atoms with E-state index in [1.54, 1.807) is 7.11 Å². The molecule has 1 aliphatic rings. The number of benzene rings is 1. The molecule has 1 saturated carbocycles. The molecule has 1 fully saturated rings. The predicted octanol–water partition coefficient (Wildman–Crippen LogP) is 4.65. The highest BCUT2D eigenvalue weighted by atomic mass is 16.6. The summed E-state index contributed by atoms with van der Waals surface area (Å²) >= 11 is 0. The first-order valence-corrected chi connectivity index (χ1v) is 12.0. The Morgan fingerprint density at radius 1 is 1.24 bits per heavy atom. The maximum atomic E-state index is 12.6. The van der Waals surface area contributed by atoms with E-state index in [0.717, 1.165) is 48.7 Å². The first kappa shape index (κ1) is 25.2. The highest BCUT2D eigenvalue weighted by Crippen LogP contribution is 2.33. The fraction of sp³-hybridized carbons (Fsp3) is 0.654. The molecule has 3 atom stereocenters. The molecule has 1 aromatic carbocycles. The SMILES string of the molecule is COC(C)CNC(=O)c1cc2cn(CC3CCCC(CC(=O)OC(C)(C)C)C3)nc2cc1C. The molecule has 1 aromatic heterocycles. The maximum absolute atomic E-state index is 12.6. The fourth-order valence-corrected chi connectivity index (χ4v) is 4.62. The third kappa shape index (κ3) is 7.29. The first-order valence-electron chi connectivity index (χ1n) is 12.0. The summed E-state index contributed by atoms with van der Waals surface area (Å²) in [5.74, 6) is 0.665. The van der Waals surface area contributed by atoms with E-state index in [2.05, 4.69) is 5.32 Å². The van der Waals surface area contributed by atoms with Gasteiger partial charge in [0, 0.05) is 43.8 Å². The lowest BCUT2D eigenvalue weighted by Crippen LogP contribution is -2.31. The van der Waals surface area contributed by atoms with Gasteiger partial charge in [0.2, 0.25) is 0 Å². The number of carbonyl (C=O) groups excluding carboxylic acids is 2. The van der Waals surface area contributed by atoms with Crippen LogP contribution in [-0.2, 0) is 20.8 Å². The highest BCUT2D eigenvalue weighted by Gasteiger charge is 2.27. The third-order valence-corrected chi connectivity index (χ3v) is 6.31. The van der Waals surface area contributed by atoms with Crippen molar-refractivity contribution in [1.82, 2.24) is 15.1 Å². The number of aryl methyl sites for hydroxylation is 1. The Hall–Kier alpha value is -2.41. The molecule has 33 heavy (non-hydrogen) atoms. The molecular formula is C26H39N3O4. The summed E-state index contributed by atoms with van der Waals surface area (Å²) in [5, 5.41) is 8.66. The Labute approximate surface area is 197 Å². The molecule has 2 aromatic rings. The van der Waals surface area contributed by atoms with Gasteiger partial charge in [-0.25, -0.2) is 0 Å². The lowest BCUT2D eigenvalue weighted by atomic mass is 9.80. The van der Waals surface area contributed by atoms with Gasteiger partial charge in [-0.05, 0) is 83.4 Å².